The van der Waals surface area contributed by atoms with Crippen LogP contribution in [-0.4, -0.2) is 18.8 Å². The zero-order chi connectivity index (χ0) is 14.2. The Morgan fingerprint density at radius 3 is 2.25 bits per heavy atom. The van der Waals surface area contributed by atoms with Crippen molar-refractivity contribution in [2.75, 3.05) is 11.9 Å². The van der Waals surface area contributed by atoms with Gasteiger partial charge >= 0.3 is 6.18 Å². The van der Waals surface area contributed by atoms with E-state index in [1.807, 2.05) is 6.07 Å². The molecule has 0 spiro atoms. The van der Waals surface area contributed by atoms with Crippen LogP contribution in [0.2, 0.25) is 0 Å². The van der Waals surface area contributed by atoms with Crippen molar-refractivity contribution in [2.24, 2.45) is 11.8 Å². The van der Waals surface area contributed by atoms with E-state index in [2.05, 4.69) is 5.32 Å². The van der Waals surface area contributed by atoms with Crippen molar-refractivity contribution in [1.82, 2.24) is 0 Å². The van der Waals surface area contributed by atoms with Gasteiger partial charge in [-0.15, -0.1) is 0 Å². The summed E-state index contributed by atoms with van der Waals surface area (Å²) in [5.74, 6) is 1.65. The van der Waals surface area contributed by atoms with Gasteiger partial charge in [-0.2, -0.15) is 13.2 Å². The van der Waals surface area contributed by atoms with Crippen molar-refractivity contribution in [2.45, 2.75) is 37.9 Å². The minimum Gasteiger partial charge on any atom is -0.482 e. The Morgan fingerprint density at radius 1 is 1.10 bits per heavy atom. The van der Waals surface area contributed by atoms with E-state index >= 15 is 0 Å². The molecule has 3 rings (SSSR count). The summed E-state index contributed by atoms with van der Waals surface area (Å²) in [5.41, 5.74) is 0.681. The van der Waals surface area contributed by atoms with E-state index in [0.29, 0.717) is 23.6 Å². The van der Waals surface area contributed by atoms with Crippen molar-refractivity contribution in [3.8, 4) is 5.75 Å². The maximum absolute atomic E-state index is 12.3. The van der Waals surface area contributed by atoms with Gasteiger partial charge in [0, 0.05) is 6.04 Å². The first-order valence-corrected chi connectivity index (χ1v) is 7.08. The Balaban J connectivity index is 1.68. The highest BCUT2D eigenvalue weighted by atomic mass is 19.4. The van der Waals surface area contributed by atoms with Crippen LogP contribution in [0.1, 0.15) is 25.7 Å². The number of alkyl halides is 3. The first-order valence-electron chi connectivity index (χ1n) is 7.08. The quantitative estimate of drug-likeness (QED) is 0.844. The molecule has 2 aliphatic carbocycles. The molecular weight excluding hydrogens is 267 g/mol. The van der Waals surface area contributed by atoms with Gasteiger partial charge < -0.3 is 10.1 Å². The van der Waals surface area contributed by atoms with E-state index in [-0.39, 0.29) is 5.75 Å². The fraction of sp³-hybridized carbons (Fsp3) is 0.600. The van der Waals surface area contributed by atoms with E-state index in [0.717, 1.165) is 0 Å². The molecule has 0 saturated heterocycles. The van der Waals surface area contributed by atoms with E-state index in [1.165, 1.54) is 25.7 Å². The average Bonchev–Trinajstić information content (AvgIpc) is 3.27. The molecule has 1 aromatic rings. The highest BCUT2D eigenvalue weighted by molar-refractivity contribution is 5.57. The minimum absolute atomic E-state index is 0.288. The predicted molar refractivity (Wildman–Crippen MR) is 70.9 cm³/mol. The third kappa shape index (κ3) is 3.58. The lowest BCUT2D eigenvalue weighted by Crippen LogP contribution is -2.25. The summed E-state index contributed by atoms with van der Waals surface area (Å²) >= 11 is 0. The molecule has 5 heteroatoms. The van der Waals surface area contributed by atoms with E-state index in [4.69, 9.17) is 4.74 Å². The maximum atomic E-state index is 12.3. The SMILES string of the molecule is FC(F)(F)COc1ccccc1NC(C1CC1)C1CC1. The number of halogens is 3. The molecule has 0 unspecified atom stereocenters. The third-order valence-corrected chi connectivity index (χ3v) is 3.86. The van der Waals surface area contributed by atoms with Gasteiger partial charge in [0.05, 0.1) is 5.69 Å². The monoisotopic (exact) mass is 285 g/mol. The van der Waals surface area contributed by atoms with Gasteiger partial charge in [0.1, 0.15) is 5.75 Å². The summed E-state index contributed by atoms with van der Waals surface area (Å²) < 4.78 is 41.7. The summed E-state index contributed by atoms with van der Waals surface area (Å²) in [6.07, 6.45) is 0.582. The molecule has 2 fully saturated rings. The van der Waals surface area contributed by atoms with Crippen LogP contribution in [-0.2, 0) is 0 Å². The Morgan fingerprint density at radius 2 is 1.70 bits per heavy atom. The van der Waals surface area contributed by atoms with Crippen molar-refractivity contribution in [1.29, 1.82) is 0 Å². The predicted octanol–water partition coefficient (Wildman–Crippen LogP) is 4.23. The maximum Gasteiger partial charge on any atom is 0.422 e. The van der Waals surface area contributed by atoms with Gasteiger partial charge in [0.25, 0.3) is 0 Å². The van der Waals surface area contributed by atoms with Crippen LogP contribution in [0.25, 0.3) is 0 Å². The fourth-order valence-electron chi connectivity index (χ4n) is 2.58. The number of hydrogen-bond donors (Lipinski definition) is 1. The molecule has 20 heavy (non-hydrogen) atoms. The lowest BCUT2D eigenvalue weighted by molar-refractivity contribution is -0.153. The summed E-state index contributed by atoms with van der Waals surface area (Å²) in [5, 5.41) is 3.42. The second-order valence-electron chi connectivity index (χ2n) is 5.74. The molecule has 0 atom stereocenters. The minimum atomic E-state index is -4.31. The average molecular weight is 285 g/mol. The van der Waals surface area contributed by atoms with Crippen LogP contribution < -0.4 is 10.1 Å². The Bertz CT molecular complexity index is 454. The number of anilines is 1. The second-order valence-corrected chi connectivity index (χ2v) is 5.74. The van der Waals surface area contributed by atoms with Crippen LogP contribution in [0.5, 0.6) is 5.75 Å². The smallest absolute Gasteiger partial charge is 0.422 e. The first kappa shape index (κ1) is 13.6. The standard InChI is InChI=1S/C15H18F3NO/c16-15(17,18)9-20-13-4-2-1-3-12(13)19-14(10-5-6-10)11-7-8-11/h1-4,10-11,14,19H,5-9H2. The molecule has 0 aromatic heterocycles. The van der Waals surface area contributed by atoms with Gasteiger partial charge in [-0.1, -0.05) is 12.1 Å². The highest BCUT2D eigenvalue weighted by Gasteiger charge is 2.41. The summed E-state index contributed by atoms with van der Waals surface area (Å²) in [7, 11) is 0. The number of ether oxygens (including phenoxy) is 1. The van der Waals surface area contributed by atoms with Crippen molar-refractivity contribution >= 4 is 5.69 Å². The van der Waals surface area contributed by atoms with Crippen LogP contribution in [0.3, 0.4) is 0 Å². The molecule has 1 N–H and O–H groups in total. The topological polar surface area (TPSA) is 21.3 Å². The summed E-state index contributed by atoms with van der Waals surface area (Å²) in [6.45, 7) is -1.25. The number of rotatable bonds is 6. The van der Waals surface area contributed by atoms with Gasteiger partial charge in [-0.25, -0.2) is 0 Å². The number of benzene rings is 1. The number of para-hydroxylation sites is 2. The number of nitrogens with one attached hydrogen (secondary N) is 1. The molecular formula is C15H18F3NO. The van der Waals surface area contributed by atoms with Crippen LogP contribution in [0.4, 0.5) is 18.9 Å². The van der Waals surface area contributed by atoms with Crippen LogP contribution in [0, 0.1) is 11.8 Å². The molecule has 0 amide bonds. The van der Waals surface area contributed by atoms with E-state index in [9.17, 15) is 13.2 Å². The summed E-state index contributed by atoms with van der Waals surface area (Å²) in [4.78, 5) is 0. The first-order chi connectivity index (χ1) is 9.53. The third-order valence-electron chi connectivity index (χ3n) is 3.86. The van der Waals surface area contributed by atoms with Crippen molar-refractivity contribution < 1.29 is 17.9 Å². The molecule has 1 aromatic carbocycles. The lowest BCUT2D eigenvalue weighted by Gasteiger charge is -2.21. The zero-order valence-electron chi connectivity index (χ0n) is 11.1. The van der Waals surface area contributed by atoms with Crippen LogP contribution in [0.15, 0.2) is 24.3 Å². The Hall–Kier alpha value is -1.39. The van der Waals surface area contributed by atoms with Gasteiger partial charge in [0.15, 0.2) is 6.61 Å². The van der Waals surface area contributed by atoms with Crippen molar-refractivity contribution in [3.63, 3.8) is 0 Å². The molecule has 110 valence electrons. The fourth-order valence-corrected chi connectivity index (χ4v) is 2.58. The Labute approximate surface area is 116 Å². The van der Waals surface area contributed by atoms with Gasteiger partial charge in [0.2, 0.25) is 0 Å². The van der Waals surface area contributed by atoms with E-state index in [1.54, 1.807) is 18.2 Å². The normalized spacial score (nSPS) is 19.2. The van der Waals surface area contributed by atoms with Crippen molar-refractivity contribution in [3.05, 3.63) is 24.3 Å². The highest BCUT2D eigenvalue weighted by Crippen LogP contribution is 2.46. The molecule has 2 aliphatic rings. The molecule has 0 bridgehead atoms. The largest absolute Gasteiger partial charge is 0.482 e. The number of hydrogen-bond acceptors (Lipinski definition) is 2. The molecule has 0 heterocycles. The van der Waals surface area contributed by atoms with Gasteiger partial charge in [-0.3, -0.25) is 0 Å². The summed E-state index contributed by atoms with van der Waals surface area (Å²) in [6, 6.07) is 7.29. The Kier molecular flexibility index (Phi) is 3.52. The van der Waals surface area contributed by atoms with Gasteiger partial charge in [-0.05, 0) is 49.7 Å². The van der Waals surface area contributed by atoms with Crippen LogP contribution >= 0.6 is 0 Å². The lowest BCUT2D eigenvalue weighted by atomic mass is 10.1. The second kappa shape index (κ2) is 5.19. The van der Waals surface area contributed by atoms with E-state index < -0.39 is 12.8 Å². The molecule has 0 radical (unpaired) electrons. The molecule has 2 saturated carbocycles. The zero-order valence-corrected chi connectivity index (χ0v) is 11.1. The molecule has 2 nitrogen and oxygen atoms in total. The molecule has 0 aliphatic heterocycles.